The predicted octanol–water partition coefficient (Wildman–Crippen LogP) is 5.11. The third kappa shape index (κ3) is 5.86. The van der Waals surface area contributed by atoms with Gasteiger partial charge in [0.15, 0.2) is 0 Å². The molecule has 0 aliphatic carbocycles. The minimum Gasteiger partial charge on any atom is -0.345 e. The fourth-order valence-corrected chi connectivity index (χ4v) is 5.85. The third-order valence-corrected chi connectivity index (χ3v) is 8.20. The molecule has 5 rings (SSSR count). The van der Waals surface area contributed by atoms with E-state index in [1.807, 2.05) is 53.6 Å². The maximum atomic E-state index is 13.4. The van der Waals surface area contributed by atoms with Gasteiger partial charge in [-0.1, -0.05) is 60.1 Å². The minimum absolute atomic E-state index is 0.121. The van der Waals surface area contributed by atoms with Crippen LogP contribution in [0.15, 0.2) is 79.1 Å². The summed E-state index contributed by atoms with van der Waals surface area (Å²) in [5.74, 6) is 0.132. The second-order valence-electron chi connectivity index (χ2n) is 10.2. The van der Waals surface area contributed by atoms with Crippen molar-refractivity contribution >= 4 is 23.4 Å². The highest BCUT2D eigenvalue weighted by atomic mass is 35.5. The van der Waals surface area contributed by atoms with Crippen LogP contribution in [0.25, 0.3) is 0 Å². The number of nitrogens with zero attached hydrogens (tertiary/aromatic N) is 3. The smallest absolute Gasteiger partial charge is 0.253 e. The molecule has 1 spiro atoms. The van der Waals surface area contributed by atoms with Crippen LogP contribution < -0.4 is 5.32 Å². The van der Waals surface area contributed by atoms with Crippen LogP contribution in [0.1, 0.15) is 53.2 Å². The van der Waals surface area contributed by atoms with E-state index in [1.54, 1.807) is 18.3 Å². The highest BCUT2D eigenvalue weighted by molar-refractivity contribution is 6.33. The zero-order valence-corrected chi connectivity index (χ0v) is 21.7. The van der Waals surface area contributed by atoms with Crippen molar-refractivity contribution in [2.45, 2.75) is 38.3 Å². The molecule has 7 heteroatoms. The summed E-state index contributed by atoms with van der Waals surface area (Å²) in [4.78, 5) is 35.0. The van der Waals surface area contributed by atoms with Gasteiger partial charge in [0.2, 0.25) is 5.91 Å². The second kappa shape index (κ2) is 11.4. The maximum absolute atomic E-state index is 13.4. The van der Waals surface area contributed by atoms with E-state index >= 15 is 0 Å². The van der Waals surface area contributed by atoms with Gasteiger partial charge in [-0.25, -0.2) is 0 Å². The molecule has 0 saturated carbocycles. The molecular weight excluding hydrogens is 484 g/mol. The van der Waals surface area contributed by atoms with Gasteiger partial charge < -0.3 is 15.1 Å². The van der Waals surface area contributed by atoms with Crippen LogP contribution in [0.5, 0.6) is 0 Å². The standard InChI is InChI=1S/C30H33ClN4O2/c31-26-11-5-4-10-25(26)28(36)33-27(24-8-2-1-3-9-24)12-17-34-18-13-30(14-19-34)15-20-35(29(30)37)22-23-7-6-16-32-21-23/h1-11,16,21,27H,12-15,17-20,22H2,(H,33,36). The van der Waals surface area contributed by atoms with Crippen LogP contribution in [-0.4, -0.2) is 52.8 Å². The number of carbonyl (C=O) groups excluding carboxylic acids is 2. The summed E-state index contributed by atoms with van der Waals surface area (Å²) >= 11 is 6.27. The van der Waals surface area contributed by atoms with Crippen LogP contribution in [-0.2, 0) is 11.3 Å². The molecule has 1 N–H and O–H groups in total. The molecular formula is C30H33ClN4O2. The van der Waals surface area contributed by atoms with Gasteiger partial charge in [-0.15, -0.1) is 0 Å². The van der Waals surface area contributed by atoms with Crippen LogP contribution in [0.4, 0.5) is 0 Å². The fraction of sp³-hybridized carbons (Fsp3) is 0.367. The number of halogens is 1. The molecule has 2 aliphatic heterocycles. The van der Waals surface area contributed by atoms with Crippen molar-refractivity contribution in [3.05, 3.63) is 101 Å². The summed E-state index contributed by atoms with van der Waals surface area (Å²) in [6.45, 7) is 4.10. The van der Waals surface area contributed by atoms with Gasteiger partial charge >= 0.3 is 0 Å². The molecule has 2 fully saturated rings. The van der Waals surface area contributed by atoms with E-state index in [4.69, 9.17) is 11.6 Å². The first kappa shape index (κ1) is 25.4. The Bertz CT molecular complexity index is 1210. The molecule has 2 aromatic carbocycles. The quantitative estimate of drug-likeness (QED) is 0.452. The van der Waals surface area contributed by atoms with E-state index in [-0.39, 0.29) is 17.4 Å². The topological polar surface area (TPSA) is 65.5 Å². The SMILES string of the molecule is O=C(NC(CCN1CCC2(CC1)CCN(Cc1cccnc1)C2=O)c1ccccc1)c1ccccc1Cl. The summed E-state index contributed by atoms with van der Waals surface area (Å²) in [6, 6.07) is 21.0. The Morgan fingerprint density at radius 2 is 1.70 bits per heavy atom. The van der Waals surface area contributed by atoms with Gasteiger partial charge in [-0.2, -0.15) is 0 Å². The first-order valence-corrected chi connectivity index (χ1v) is 13.4. The number of pyridine rings is 1. The number of amides is 2. The zero-order chi connectivity index (χ0) is 25.7. The summed E-state index contributed by atoms with van der Waals surface area (Å²) in [7, 11) is 0. The number of rotatable bonds is 8. The van der Waals surface area contributed by atoms with E-state index in [2.05, 4.69) is 27.3 Å². The number of aromatic nitrogens is 1. The van der Waals surface area contributed by atoms with Gasteiger partial charge in [0.25, 0.3) is 5.91 Å². The normalized spacial score (nSPS) is 18.2. The maximum Gasteiger partial charge on any atom is 0.253 e. The van der Waals surface area contributed by atoms with Gasteiger partial charge in [-0.3, -0.25) is 14.6 Å². The largest absolute Gasteiger partial charge is 0.345 e. The van der Waals surface area contributed by atoms with E-state index in [9.17, 15) is 9.59 Å². The molecule has 37 heavy (non-hydrogen) atoms. The number of benzene rings is 2. The lowest BCUT2D eigenvalue weighted by molar-refractivity contribution is -0.138. The van der Waals surface area contributed by atoms with Crippen molar-refractivity contribution in [3.8, 4) is 0 Å². The van der Waals surface area contributed by atoms with E-state index < -0.39 is 0 Å². The van der Waals surface area contributed by atoms with Gasteiger partial charge in [0.05, 0.1) is 22.0 Å². The molecule has 1 atom stereocenters. The molecule has 0 radical (unpaired) electrons. The number of likely N-dealkylation sites (tertiary alicyclic amines) is 2. The number of carbonyl (C=O) groups is 2. The van der Waals surface area contributed by atoms with E-state index in [0.29, 0.717) is 23.0 Å². The van der Waals surface area contributed by atoms with Crippen molar-refractivity contribution < 1.29 is 9.59 Å². The van der Waals surface area contributed by atoms with Crippen molar-refractivity contribution in [1.82, 2.24) is 20.1 Å². The highest BCUT2D eigenvalue weighted by Gasteiger charge is 2.47. The Labute approximate surface area is 223 Å². The van der Waals surface area contributed by atoms with Crippen LogP contribution in [0.2, 0.25) is 5.02 Å². The first-order valence-electron chi connectivity index (χ1n) is 13.1. The Kier molecular flexibility index (Phi) is 7.87. The molecule has 2 aliphatic rings. The van der Waals surface area contributed by atoms with Gasteiger partial charge in [0.1, 0.15) is 0 Å². The monoisotopic (exact) mass is 516 g/mol. The lowest BCUT2D eigenvalue weighted by Gasteiger charge is -2.38. The van der Waals surface area contributed by atoms with Gasteiger partial charge in [0, 0.05) is 32.0 Å². The fourth-order valence-electron chi connectivity index (χ4n) is 5.62. The number of piperidine rings is 1. The molecule has 0 bridgehead atoms. The highest BCUT2D eigenvalue weighted by Crippen LogP contribution is 2.42. The predicted molar refractivity (Wildman–Crippen MR) is 145 cm³/mol. The molecule has 3 aromatic rings. The molecule has 1 unspecified atom stereocenters. The third-order valence-electron chi connectivity index (χ3n) is 7.87. The van der Waals surface area contributed by atoms with Crippen molar-refractivity contribution in [2.24, 2.45) is 5.41 Å². The van der Waals surface area contributed by atoms with Gasteiger partial charge in [-0.05, 0) is 68.1 Å². The molecule has 6 nitrogen and oxygen atoms in total. The van der Waals surface area contributed by atoms with Crippen LogP contribution >= 0.6 is 11.6 Å². The number of nitrogens with one attached hydrogen (secondary N) is 1. The molecule has 2 saturated heterocycles. The van der Waals surface area contributed by atoms with Crippen molar-refractivity contribution in [1.29, 1.82) is 0 Å². The Morgan fingerprint density at radius 3 is 2.43 bits per heavy atom. The minimum atomic E-state index is -0.226. The van der Waals surface area contributed by atoms with Crippen molar-refractivity contribution in [2.75, 3.05) is 26.2 Å². The zero-order valence-electron chi connectivity index (χ0n) is 21.0. The number of hydrogen-bond donors (Lipinski definition) is 1. The van der Waals surface area contributed by atoms with E-state index in [1.165, 1.54) is 0 Å². The summed E-state index contributed by atoms with van der Waals surface area (Å²) in [5.41, 5.74) is 2.42. The molecule has 192 valence electrons. The molecule has 1 aromatic heterocycles. The lowest BCUT2D eigenvalue weighted by Crippen LogP contribution is -2.45. The van der Waals surface area contributed by atoms with Crippen LogP contribution in [0.3, 0.4) is 0 Å². The Morgan fingerprint density at radius 1 is 0.973 bits per heavy atom. The number of hydrogen-bond acceptors (Lipinski definition) is 4. The first-order chi connectivity index (χ1) is 18.0. The average Bonchev–Trinajstić information content (AvgIpc) is 3.23. The summed E-state index contributed by atoms with van der Waals surface area (Å²) < 4.78 is 0. The second-order valence-corrected chi connectivity index (χ2v) is 10.6. The Balaban J connectivity index is 1.18. The Hall–Kier alpha value is -3.22. The summed E-state index contributed by atoms with van der Waals surface area (Å²) in [6.07, 6.45) is 7.09. The van der Waals surface area contributed by atoms with E-state index in [0.717, 1.165) is 63.0 Å². The van der Waals surface area contributed by atoms with Crippen LogP contribution in [0, 0.1) is 5.41 Å². The summed E-state index contributed by atoms with van der Waals surface area (Å²) in [5, 5.41) is 3.65. The lowest BCUT2D eigenvalue weighted by atomic mass is 9.77. The average molecular weight is 517 g/mol. The molecule has 3 heterocycles. The van der Waals surface area contributed by atoms with Crippen molar-refractivity contribution in [3.63, 3.8) is 0 Å². The molecule has 2 amide bonds.